The van der Waals surface area contributed by atoms with Gasteiger partial charge in [0.2, 0.25) is 10.0 Å². The summed E-state index contributed by atoms with van der Waals surface area (Å²) in [7, 11) is -5.74. The van der Waals surface area contributed by atoms with Crippen LogP contribution in [0.15, 0.2) is 82.8 Å². The fraction of sp³-hybridized carbons (Fsp3) is 0.240. The molecule has 0 bridgehead atoms. The number of nitrogens with one attached hydrogen (secondary N) is 1. The number of rotatable bonds is 8. The van der Waals surface area contributed by atoms with E-state index < -0.39 is 26.1 Å². The van der Waals surface area contributed by atoms with Gasteiger partial charge in [0.05, 0.1) is 29.5 Å². The Morgan fingerprint density at radius 3 is 2.14 bits per heavy atom. The van der Waals surface area contributed by atoms with Crippen molar-refractivity contribution in [1.29, 1.82) is 0 Å². The van der Waals surface area contributed by atoms with Gasteiger partial charge in [0, 0.05) is 12.1 Å². The van der Waals surface area contributed by atoms with E-state index in [0.717, 1.165) is 11.1 Å². The number of hydrogen-bond donors (Lipinski definition) is 1. The Bertz CT molecular complexity index is 1430. The molecule has 3 aromatic rings. The molecule has 4 rings (SSSR count). The third-order valence-electron chi connectivity index (χ3n) is 5.81. The number of aryl methyl sites for hydroxylation is 1. The molecule has 0 amide bonds. The zero-order chi connectivity index (χ0) is 25.2. The van der Waals surface area contributed by atoms with Crippen molar-refractivity contribution >= 4 is 31.4 Å². The Balaban J connectivity index is 1.71. The van der Waals surface area contributed by atoms with Crippen LogP contribution in [0.2, 0.25) is 0 Å². The van der Waals surface area contributed by atoms with Crippen LogP contribution in [0.3, 0.4) is 0 Å². The minimum absolute atomic E-state index is 0.0309. The monoisotopic (exact) mass is 513 g/mol. The third kappa shape index (κ3) is 5.33. The molecule has 1 heterocycles. The molecule has 1 aliphatic heterocycles. The predicted molar refractivity (Wildman–Crippen MR) is 137 cm³/mol. The molecule has 0 spiro atoms. The van der Waals surface area contributed by atoms with Gasteiger partial charge < -0.3 is 4.74 Å². The van der Waals surface area contributed by atoms with Gasteiger partial charge in [-0.25, -0.2) is 8.42 Å². The van der Waals surface area contributed by atoms with E-state index in [1.807, 2.05) is 19.1 Å². The second kappa shape index (κ2) is 9.71. The first-order valence-electron chi connectivity index (χ1n) is 11.1. The van der Waals surface area contributed by atoms with Crippen molar-refractivity contribution < 1.29 is 21.6 Å². The maximum atomic E-state index is 13.6. The van der Waals surface area contributed by atoms with E-state index in [0.29, 0.717) is 29.1 Å². The predicted octanol–water partition coefficient (Wildman–Crippen LogP) is 4.31. The lowest BCUT2D eigenvalue weighted by Crippen LogP contribution is -2.27. The minimum atomic E-state index is -3.92. The Hall–Kier alpha value is -3.37. The van der Waals surface area contributed by atoms with Gasteiger partial charge in [-0.3, -0.25) is 4.72 Å². The van der Waals surface area contributed by atoms with Gasteiger partial charge in [0.15, 0.2) is 0 Å². The Morgan fingerprint density at radius 1 is 0.943 bits per heavy atom. The van der Waals surface area contributed by atoms with Crippen LogP contribution in [0.4, 0.5) is 5.69 Å². The van der Waals surface area contributed by atoms with Gasteiger partial charge in [0.25, 0.3) is 10.0 Å². The van der Waals surface area contributed by atoms with Crippen LogP contribution in [0.25, 0.3) is 0 Å². The molecule has 0 aromatic heterocycles. The van der Waals surface area contributed by atoms with Crippen molar-refractivity contribution in [1.82, 2.24) is 4.41 Å². The lowest BCUT2D eigenvalue weighted by molar-refractivity contribution is 0.370. The fourth-order valence-corrected chi connectivity index (χ4v) is 5.83. The molecular formula is C25H27N3O5S2. The van der Waals surface area contributed by atoms with Crippen LogP contribution < -0.4 is 9.46 Å². The lowest BCUT2D eigenvalue weighted by Gasteiger charge is -2.23. The van der Waals surface area contributed by atoms with Crippen molar-refractivity contribution in [3.05, 3.63) is 89.5 Å². The van der Waals surface area contributed by atoms with Crippen molar-refractivity contribution in [3.8, 4) is 5.75 Å². The third-order valence-corrected chi connectivity index (χ3v) is 8.81. The van der Waals surface area contributed by atoms with Crippen molar-refractivity contribution in [2.24, 2.45) is 5.10 Å². The van der Waals surface area contributed by atoms with Gasteiger partial charge in [-0.1, -0.05) is 42.0 Å². The molecule has 0 unspecified atom stereocenters. The van der Waals surface area contributed by atoms with Crippen molar-refractivity contribution in [2.45, 2.75) is 31.2 Å². The van der Waals surface area contributed by atoms with E-state index in [4.69, 9.17) is 4.74 Å². The first-order chi connectivity index (χ1) is 16.6. The summed E-state index contributed by atoms with van der Waals surface area (Å²) in [5.74, 6) is 0.641. The van der Waals surface area contributed by atoms with Crippen LogP contribution in [0.1, 0.15) is 36.1 Å². The Labute approximate surface area is 206 Å². The highest BCUT2D eigenvalue weighted by Gasteiger charge is 2.37. The normalized spacial score (nSPS) is 16.1. The maximum Gasteiger partial charge on any atom is 0.279 e. The number of nitrogens with zero attached hydrogens (tertiary/aromatic N) is 2. The Kier molecular flexibility index (Phi) is 6.86. The largest absolute Gasteiger partial charge is 0.497 e. The molecule has 0 aliphatic carbocycles. The average Bonchev–Trinajstić information content (AvgIpc) is 3.31. The van der Waals surface area contributed by atoms with Gasteiger partial charge in [0.1, 0.15) is 5.75 Å². The molecule has 1 atom stereocenters. The van der Waals surface area contributed by atoms with E-state index in [9.17, 15) is 16.8 Å². The van der Waals surface area contributed by atoms with Crippen molar-refractivity contribution in [3.63, 3.8) is 0 Å². The number of hydrogen-bond acceptors (Lipinski definition) is 6. The van der Waals surface area contributed by atoms with E-state index in [1.54, 1.807) is 74.7 Å². The second-order valence-electron chi connectivity index (χ2n) is 8.21. The average molecular weight is 514 g/mol. The molecule has 3 aromatic carbocycles. The van der Waals surface area contributed by atoms with Crippen LogP contribution >= 0.6 is 0 Å². The quantitative estimate of drug-likeness (QED) is 0.483. The lowest BCUT2D eigenvalue weighted by atomic mass is 9.99. The summed E-state index contributed by atoms with van der Waals surface area (Å²) in [6.07, 6.45) is 0.359. The van der Waals surface area contributed by atoms with Gasteiger partial charge >= 0.3 is 0 Å². The van der Waals surface area contributed by atoms with Crippen LogP contribution in [-0.2, 0) is 20.0 Å². The highest BCUT2D eigenvalue weighted by Crippen LogP contribution is 2.37. The van der Waals surface area contributed by atoms with Crippen LogP contribution in [0.5, 0.6) is 5.75 Å². The molecule has 184 valence electrons. The number of benzene rings is 3. The molecule has 35 heavy (non-hydrogen) atoms. The number of hydrazone groups is 1. The molecule has 0 fully saturated rings. The van der Waals surface area contributed by atoms with Crippen LogP contribution in [0, 0.1) is 6.92 Å². The second-order valence-corrected chi connectivity index (χ2v) is 12.0. The number of sulfonamides is 2. The molecule has 10 heteroatoms. The van der Waals surface area contributed by atoms with E-state index >= 15 is 0 Å². The first kappa shape index (κ1) is 24.7. The van der Waals surface area contributed by atoms with E-state index in [2.05, 4.69) is 9.82 Å². The van der Waals surface area contributed by atoms with Gasteiger partial charge in [-0.05, 0) is 61.4 Å². The molecular weight excluding hydrogens is 486 g/mol. The molecule has 0 saturated carbocycles. The van der Waals surface area contributed by atoms with E-state index in [1.165, 1.54) is 4.41 Å². The molecule has 0 saturated heterocycles. The maximum absolute atomic E-state index is 13.6. The first-order valence-corrected chi connectivity index (χ1v) is 14.2. The van der Waals surface area contributed by atoms with Gasteiger partial charge in [-0.2, -0.15) is 17.9 Å². The Morgan fingerprint density at radius 2 is 1.57 bits per heavy atom. The number of anilines is 1. The highest BCUT2D eigenvalue weighted by molar-refractivity contribution is 7.92. The summed E-state index contributed by atoms with van der Waals surface area (Å²) < 4.78 is 59.8. The molecule has 1 N–H and O–H groups in total. The van der Waals surface area contributed by atoms with E-state index in [-0.39, 0.29) is 10.6 Å². The summed E-state index contributed by atoms with van der Waals surface area (Å²) >= 11 is 0. The van der Waals surface area contributed by atoms with Gasteiger partial charge in [-0.15, -0.1) is 0 Å². The summed E-state index contributed by atoms with van der Waals surface area (Å²) in [4.78, 5) is 0.163. The SMILES string of the molecule is CCS(=O)(=O)Nc1ccc(C2=NN(S(=O)(=O)c3ccc(C)cc3)[C@@H](c3ccc(OC)cc3)C2)cc1. The fourth-order valence-electron chi connectivity index (χ4n) is 3.76. The molecule has 8 nitrogen and oxygen atoms in total. The highest BCUT2D eigenvalue weighted by atomic mass is 32.2. The topological polar surface area (TPSA) is 105 Å². The zero-order valence-electron chi connectivity index (χ0n) is 19.7. The smallest absolute Gasteiger partial charge is 0.279 e. The number of ether oxygens (including phenoxy) is 1. The van der Waals surface area contributed by atoms with Crippen molar-refractivity contribution in [2.75, 3.05) is 17.6 Å². The molecule has 0 radical (unpaired) electrons. The minimum Gasteiger partial charge on any atom is -0.497 e. The summed E-state index contributed by atoms with van der Waals surface area (Å²) in [5, 5.41) is 4.54. The summed E-state index contributed by atoms with van der Waals surface area (Å²) in [6.45, 7) is 3.46. The number of methoxy groups -OCH3 is 1. The summed E-state index contributed by atoms with van der Waals surface area (Å²) in [5.41, 5.74) is 3.48. The standard InChI is InChI=1S/C25H27N3O5S2/c1-4-34(29,30)27-21-11-7-19(8-12-21)24-17-25(20-9-13-22(33-3)14-10-20)28(26-24)35(31,32)23-15-5-18(2)6-16-23/h5-16,25,27H,4,17H2,1-3H3/t25-/m1/s1. The molecule has 1 aliphatic rings. The van der Waals surface area contributed by atoms with Crippen LogP contribution in [-0.4, -0.2) is 39.8 Å². The summed E-state index contributed by atoms with van der Waals surface area (Å²) in [6, 6.07) is 20.1. The zero-order valence-corrected chi connectivity index (χ0v) is 21.3.